The number of benzene rings is 1. The van der Waals surface area contributed by atoms with Gasteiger partial charge in [0.1, 0.15) is 5.82 Å². The van der Waals surface area contributed by atoms with Gasteiger partial charge in [0.05, 0.1) is 15.5 Å². The molecule has 1 aromatic carbocycles. The third-order valence-electron chi connectivity index (χ3n) is 2.90. The zero-order chi connectivity index (χ0) is 14.3. The summed E-state index contributed by atoms with van der Waals surface area (Å²) < 4.78 is 19.5. The fraction of sp³-hybridized carbons (Fsp3) is 0.0714. The van der Waals surface area contributed by atoms with Gasteiger partial charge in [-0.25, -0.2) is 4.39 Å². The highest BCUT2D eigenvalue weighted by Gasteiger charge is 2.22. The van der Waals surface area contributed by atoms with Crippen molar-refractivity contribution in [2.45, 2.75) is 6.92 Å². The summed E-state index contributed by atoms with van der Waals surface area (Å²) in [6, 6.07) is 8.60. The molecule has 102 valence electrons. The maximum Gasteiger partial charge on any atom is 0.186 e. The van der Waals surface area contributed by atoms with Gasteiger partial charge in [-0.3, -0.25) is 0 Å². The molecule has 0 spiro atoms. The molecule has 0 fully saturated rings. The van der Waals surface area contributed by atoms with Crippen LogP contribution in [0.25, 0.3) is 21.8 Å². The number of aromatic nitrogens is 1. The first-order chi connectivity index (χ1) is 9.58. The third-order valence-corrected chi connectivity index (χ3v) is 4.19. The Morgan fingerprint density at radius 1 is 1.30 bits per heavy atom. The SMILES string of the molecule is Cc1ccc(-c2onc(N)c2-c2cccc(Cl)c2F)s1. The Morgan fingerprint density at radius 2 is 2.10 bits per heavy atom. The van der Waals surface area contributed by atoms with Gasteiger partial charge in [-0.2, -0.15) is 0 Å². The van der Waals surface area contributed by atoms with Crippen molar-refractivity contribution in [2.75, 3.05) is 5.73 Å². The van der Waals surface area contributed by atoms with E-state index in [-0.39, 0.29) is 16.4 Å². The lowest BCUT2D eigenvalue weighted by Crippen LogP contribution is -1.91. The van der Waals surface area contributed by atoms with Crippen LogP contribution in [0.3, 0.4) is 0 Å². The van der Waals surface area contributed by atoms with Crippen LogP contribution in [0, 0.1) is 12.7 Å². The highest BCUT2D eigenvalue weighted by molar-refractivity contribution is 7.15. The molecule has 0 aliphatic heterocycles. The number of rotatable bonds is 2. The van der Waals surface area contributed by atoms with Gasteiger partial charge in [0, 0.05) is 10.4 Å². The molecule has 6 heteroatoms. The lowest BCUT2D eigenvalue weighted by molar-refractivity contribution is 0.437. The number of nitrogen functional groups attached to an aromatic ring is 1. The van der Waals surface area contributed by atoms with Crippen LogP contribution in [-0.2, 0) is 0 Å². The molecule has 3 aromatic rings. The van der Waals surface area contributed by atoms with E-state index < -0.39 is 5.82 Å². The van der Waals surface area contributed by atoms with Gasteiger partial charge in [0.2, 0.25) is 0 Å². The van der Waals surface area contributed by atoms with Gasteiger partial charge in [-0.15, -0.1) is 11.3 Å². The summed E-state index contributed by atoms with van der Waals surface area (Å²) >= 11 is 7.35. The van der Waals surface area contributed by atoms with Gasteiger partial charge in [-0.05, 0) is 25.1 Å². The van der Waals surface area contributed by atoms with E-state index in [1.54, 1.807) is 12.1 Å². The number of aryl methyl sites for hydroxylation is 1. The Hall–Kier alpha value is -1.85. The van der Waals surface area contributed by atoms with Gasteiger partial charge in [-0.1, -0.05) is 28.9 Å². The van der Waals surface area contributed by atoms with Crippen molar-refractivity contribution in [3.05, 3.63) is 46.0 Å². The average molecular weight is 309 g/mol. The molecule has 20 heavy (non-hydrogen) atoms. The van der Waals surface area contributed by atoms with Crippen molar-refractivity contribution in [1.29, 1.82) is 0 Å². The van der Waals surface area contributed by atoms with Crippen molar-refractivity contribution in [3.8, 4) is 21.8 Å². The molecule has 0 aliphatic carbocycles. The van der Waals surface area contributed by atoms with Crippen molar-refractivity contribution >= 4 is 28.8 Å². The van der Waals surface area contributed by atoms with E-state index in [2.05, 4.69) is 5.16 Å². The van der Waals surface area contributed by atoms with Gasteiger partial charge < -0.3 is 10.3 Å². The predicted octanol–water partition coefficient (Wildman–Crippen LogP) is 4.75. The van der Waals surface area contributed by atoms with Crippen LogP contribution < -0.4 is 5.73 Å². The van der Waals surface area contributed by atoms with Gasteiger partial charge in [0.15, 0.2) is 11.6 Å². The molecular formula is C14H10ClFN2OS. The molecule has 3 rings (SSSR count). The molecule has 2 heterocycles. The third kappa shape index (κ3) is 2.09. The van der Waals surface area contributed by atoms with Crippen molar-refractivity contribution < 1.29 is 8.91 Å². The quantitative estimate of drug-likeness (QED) is 0.743. The Morgan fingerprint density at radius 3 is 2.80 bits per heavy atom. The van der Waals surface area contributed by atoms with Crippen LogP contribution in [0.4, 0.5) is 10.2 Å². The number of anilines is 1. The fourth-order valence-corrected chi connectivity index (χ4v) is 3.01. The van der Waals surface area contributed by atoms with E-state index >= 15 is 0 Å². The van der Waals surface area contributed by atoms with Gasteiger partial charge in [0.25, 0.3) is 0 Å². The highest BCUT2D eigenvalue weighted by atomic mass is 35.5. The summed E-state index contributed by atoms with van der Waals surface area (Å²) in [7, 11) is 0. The standard InChI is InChI=1S/C14H10ClFN2OS/c1-7-5-6-10(20-7)13-11(14(17)18-19-13)8-3-2-4-9(15)12(8)16/h2-6H,1H3,(H2,17,18). The van der Waals surface area contributed by atoms with E-state index in [9.17, 15) is 4.39 Å². The zero-order valence-electron chi connectivity index (χ0n) is 10.5. The topological polar surface area (TPSA) is 52.0 Å². The largest absolute Gasteiger partial charge is 0.380 e. The average Bonchev–Trinajstić information content (AvgIpc) is 2.99. The summed E-state index contributed by atoms with van der Waals surface area (Å²) in [6.45, 7) is 1.98. The van der Waals surface area contributed by atoms with E-state index in [4.69, 9.17) is 21.9 Å². The van der Waals surface area contributed by atoms with Crippen LogP contribution in [0.2, 0.25) is 5.02 Å². The van der Waals surface area contributed by atoms with E-state index in [0.29, 0.717) is 11.3 Å². The molecule has 2 N–H and O–H groups in total. The Bertz CT molecular complexity index is 781. The molecule has 0 aliphatic rings. The fourth-order valence-electron chi connectivity index (χ4n) is 1.98. The zero-order valence-corrected chi connectivity index (χ0v) is 12.1. The van der Waals surface area contributed by atoms with Crippen molar-refractivity contribution in [3.63, 3.8) is 0 Å². The second-order valence-corrected chi connectivity index (χ2v) is 5.98. The van der Waals surface area contributed by atoms with Crippen LogP contribution >= 0.6 is 22.9 Å². The van der Waals surface area contributed by atoms with Crippen LogP contribution in [-0.4, -0.2) is 5.16 Å². The molecule has 0 atom stereocenters. The summed E-state index contributed by atoms with van der Waals surface area (Å²) in [5.41, 5.74) is 6.55. The maximum absolute atomic E-state index is 14.2. The van der Waals surface area contributed by atoms with E-state index in [1.807, 2.05) is 19.1 Å². The molecular weight excluding hydrogens is 299 g/mol. The number of nitrogens with two attached hydrogens (primary N) is 1. The number of hydrogen-bond donors (Lipinski definition) is 1. The minimum absolute atomic E-state index is 0.0383. The number of halogens is 2. The number of nitrogens with zero attached hydrogens (tertiary/aromatic N) is 1. The summed E-state index contributed by atoms with van der Waals surface area (Å²) in [6.07, 6.45) is 0. The smallest absolute Gasteiger partial charge is 0.186 e. The molecule has 3 nitrogen and oxygen atoms in total. The summed E-state index contributed by atoms with van der Waals surface area (Å²) in [5.74, 6) is 0.0765. The van der Waals surface area contributed by atoms with Crippen molar-refractivity contribution in [2.24, 2.45) is 0 Å². The number of thiophene rings is 1. The minimum atomic E-state index is -0.529. The van der Waals surface area contributed by atoms with E-state index in [0.717, 1.165) is 9.75 Å². The van der Waals surface area contributed by atoms with Gasteiger partial charge >= 0.3 is 0 Å². The second kappa shape index (κ2) is 4.92. The normalized spacial score (nSPS) is 10.9. The summed E-state index contributed by atoms with van der Waals surface area (Å²) in [5, 5.41) is 3.79. The number of hydrogen-bond acceptors (Lipinski definition) is 4. The minimum Gasteiger partial charge on any atom is -0.380 e. The summed E-state index contributed by atoms with van der Waals surface area (Å²) in [4.78, 5) is 1.97. The second-order valence-electron chi connectivity index (χ2n) is 4.28. The first-order valence-electron chi connectivity index (χ1n) is 5.84. The first-order valence-corrected chi connectivity index (χ1v) is 7.03. The Labute approximate surface area is 123 Å². The molecule has 0 bridgehead atoms. The highest BCUT2D eigenvalue weighted by Crippen LogP contribution is 2.41. The Kier molecular flexibility index (Phi) is 3.23. The lowest BCUT2D eigenvalue weighted by atomic mass is 10.0. The first kappa shape index (κ1) is 13.1. The molecule has 0 saturated carbocycles. The Balaban J connectivity index is 2.24. The predicted molar refractivity (Wildman–Crippen MR) is 79.4 cm³/mol. The van der Waals surface area contributed by atoms with Crippen LogP contribution in [0.1, 0.15) is 4.88 Å². The lowest BCUT2D eigenvalue weighted by Gasteiger charge is -2.04. The van der Waals surface area contributed by atoms with E-state index in [1.165, 1.54) is 17.4 Å². The van der Waals surface area contributed by atoms with Crippen molar-refractivity contribution in [1.82, 2.24) is 5.16 Å². The van der Waals surface area contributed by atoms with Crippen LogP contribution in [0.5, 0.6) is 0 Å². The maximum atomic E-state index is 14.2. The molecule has 0 amide bonds. The van der Waals surface area contributed by atoms with Crippen LogP contribution in [0.15, 0.2) is 34.9 Å². The molecule has 0 unspecified atom stereocenters. The molecule has 0 saturated heterocycles. The molecule has 0 radical (unpaired) electrons. The monoisotopic (exact) mass is 308 g/mol. The molecule has 2 aromatic heterocycles.